The highest BCUT2D eigenvalue weighted by molar-refractivity contribution is 5.81. The fourth-order valence-corrected chi connectivity index (χ4v) is 1.25. The van der Waals surface area contributed by atoms with Gasteiger partial charge < -0.3 is 4.74 Å². The second-order valence-electron chi connectivity index (χ2n) is 2.92. The zero-order chi connectivity index (χ0) is 13.2. The Balaban J connectivity index is 3.58. The average molecular weight is 255 g/mol. The predicted octanol–water partition coefficient (Wildman–Crippen LogP) is 2.86. The number of pyridine rings is 1. The molecule has 1 rings (SSSR count). The summed E-state index contributed by atoms with van der Waals surface area (Å²) < 4.78 is 66.9. The summed E-state index contributed by atoms with van der Waals surface area (Å²) in [5.41, 5.74) is -3.82. The second-order valence-corrected chi connectivity index (χ2v) is 2.92. The summed E-state index contributed by atoms with van der Waals surface area (Å²) in [5.74, 6) is -0.699. The van der Waals surface area contributed by atoms with Crippen LogP contribution in [0.3, 0.4) is 0 Å². The largest absolute Gasteiger partial charge is 0.481 e. The molecular formula is C9H6F5NO2. The Morgan fingerprint density at radius 3 is 2.35 bits per heavy atom. The molecule has 17 heavy (non-hydrogen) atoms. The van der Waals surface area contributed by atoms with Crippen molar-refractivity contribution in [2.24, 2.45) is 0 Å². The van der Waals surface area contributed by atoms with E-state index in [-0.39, 0.29) is 12.5 Å². The van der Waals surface area contributed by atoms with Gasteiger partial charge in [-0.1, -0.05) is 0 Å². The number of aldehydes is 1. The van der Waals surface area contributed by atoms with Crippen molar-refractivity contribution in [3.05, 3.63) is 22.9 Å². The number of carbonyl (C=O) groups excluding carboxylic acids is 1. The van der Waals surface area contributed by atoms with E-state index in [4.69, 9.17) is 0 Å². The lowest BCUT2D eigenvalue weighted by Gasteiger charge is -2.14. The maximum Gasteiger partial charge on any atom is 0.418 e. The molecule has 0 aromatic carbocycles. The molecule has 0 N–H and O–H groups in total. The average Bonchev–Trinajstić information content (AvgIpc) is 2.25. The molecule has 0 aliphatic carbocycles. The SMILES string of the molecule is COc1ncc(C(F)(F)F)c(C=O)c1C(F)F. The molecule has 1 heterocycles. The smallest absolute Gasteiger partial charge is 0.418 e. The van der Waals surface area contributed by atoms with Crippen molar-refractivity contribution in [3.8, 4) is 5.88 Å². The Morgan fingerprint density at radius 1 is 1.41 bits per heavy atom. The molecule has 0 radical (unpaired) electrons. The van der Waals surface area contributed by atoms with Crippen LogP contribution in [0.5, 0.6) is 5.88 Å². The minimum absolute atomic E-state index is 0.283. The number of carbonyl (C=O) groups is 1. The standard InChI is InChI=1S/C9H6F5NO2/c1-17-8-6(7(10)11)4(3-16)5(2-15-8)9(12,13)14/h2-3,7H,1H3. The molecule has 0 aliphatic rings. The van der Waals surface area contributed by atoms with Crippen molar-refractivity contribution in [2.45, 2.75) is 12.6 Å². The summed E-state index contributed by atoms with van der Waals surface area (Å²) in [4.78, 5) is 13.7. The molecule has 0 bridgehead atoms. The Hall–Kier alpha value is -1.73. The Bertz CT molecular complexity index is 430. The van der Waals surface area contributed by atoms with E-state index in [2.05, 4.69) is 9.72 Å². The van der Waals surface area contributed by atoms with Crippen LogP contribution in [0.2, 0.25) is 0 Å². The van der Waals surface area contributed by atoms with E-state index in [1.165, 1.54) is 0 Å². The summed E-state index contributed by atoms with van der Waals surface area (Å²) >= 11 is 0. The van der Waals surface area contributed by atoms with Gasteiger partial charge in [0.05, 0.1) is 18.2 Å². The first kappa shape index (κ1) is 13.3. The molecule has 0 amide bonds. The first-order valence-corrected chi connectivity index (χ1v) is 4.20. The lowest BCUT2D eigenvalue weighted by molar-refractivity contribution is -0.138. The van der Waals surface area contributed by atoms with E-state index in [1.54, 1.807) is 0 Å². The zero-order valence-corrected chi connectivity index (χ0v) is 8.39. The molecule has 0 spiro atoms. The van der Waals surface area contributed by atoms with Crippen LogP contribution in [0.25, 0.3) is 0 Å². The molecule has 1 aromatic rings. The normalized spacial score (nSPS) is 11.7. The Kier molecular flexibility index (Phi) is 3.64. The van der Waals surface area contributed by atoms with Crippen molar-refractivity contribution in [2.75, 3.05) is 7.11 Å². The first-order valence-electron chi connectivity index (χ1n) is 4.20. The van der Waals surface area contributed by atoms with E-state index < -0.39 is 35.2 Å². The number of halogens is 5. The van der Waals surface area contributed by atoms with Crippen molar-refractivity contribution >= 4 is 6.29 Å². The van der Waals surface area contributed by atoms with Crippen LogP contribution in [-0.2, 0) is 6.18 Å². The summed E-state index contributed by atoms with van der Waals surface area (Å²) in [6, 6.07) is 0. The fourth-order valence-electron chi connectivity index (χ4n) is 1.25. The van der Waals surface area contributed by atoms with Crippen LogP contribution in [0.4, 0.5) is 22.0 Å². The Morgan fingerprint density at radius 2 is 2.00 bits per heavy atom. The highest BCUT2D eigenvalue weighted by Gasteiger charge is 2.37. The molecule has 8 heteroatoms. The number of hydrogen-bond acceptors (Lipinski definition) is 3. The maximum absolute atomic E-state index is 12.6. The molecular weight excluding hydrogens is 249 g/mol. The Labute approximate surface area is 92.2 Å². The van der Waals surface area contributed by atoms with Gasteiger partial charge in [-0.25, -0.2) is 13.8 Å². The first-order chi connectivity index (χ1) is 7.82. The number of ether oxygens (including phenoxy) is 1. The van der Waals surface area contributed by atoms with Gasteiger partial charge in [0.15, 0.2) is 6.29 Å². The van der Waals surface area contributed by atoms with E-state index in [9.17, 15) is 26.7 Å². The van der Waals surface area contributed by atoms with Crippen LogP contribution in [-0.4, -0.2) is 18.4 Å². The summed E-state index contributed by atoms with van der Waals surface area (Å²) in [6.07, 6.45) is -8.22. The van der Waals surface area contributed by atoms with Crippen molar-refractivity contribution in [1.82, 2.24) is 4.98 Å². The number of methoxy groups -OCH3 is 1. The molecule has 0 atom stereocenters. The van der Waals surface area contributed by atoms with Gasteiger partial charge in [-0.2, -0.15) is 13.2 Å². The van der Waals surface area contributed by atoms with Gasteiger partial charge in [0.25, 0.3) is 6.43 Å². The van der Waals surface area contributed by atoms with Crippen LogP contribution in [0, 0.1) is 0 Å². The molecule has 1 aromatic heterocycles. The number of nitrogens with zero attached hydrogens (tertiary/aromatic N) is 1. The number of rotatable bonds is 3. The third-order valence-electron chi connectivity index (χ3n) is 1.96. The molecule has 0 saturated carbocycles. The molecule has 94 valence electrons. The summed E-state index contributed by atoms with van der Waals surface area (Å²) in [6.45, 7) is 0. The van der Waals surface area contributed by atoms with Crippen molar-refractivity contribution in [3.63, 3.8) is 0 Å². The van der Waals surface area contributed by atoms with Crippen LogP contribution >= 0.6 is 0 Å². The number of alkyl halides is 5. The highest BCUT2D eigenvalue weighted by Crippen LogP contribution is 2.38. The molecule has 0 saturated heterocycles. The topological polar surface area (TPSA) is 39.2 Å². The molecule has 0 aliphatic heterocycles. The van der Waals surface area contributed by atoms with Gasteiger partial charge in [0.1, 0.15) is 0 Å². The third-order valence-corrected chi connectivity index (χ3v) is 1.96. The molecule has 0 unspecified atom stereocenters. The number of aromatic nitrogens is 1. The quantitative estimate of drug-likeness (QED) is 0.615. The highest BCUT2D eigenvalue weighted by atomic mass is 19.4. The van der Waals surface area contributed by atoms with Crippen LogP contribution < -0.4 is 4.74 Å². The van der Waals surface area contributed by atoms with E-state index in [0.717, 1.165) is 7.11 Å². The van der Waals surface area contributed by atoms with Gasteiger partial charge in [-0.3, -0.25) is 4.79 Å². The summed E-state index contributed by atoms with van der Waals surface area (Å²) in [7, 11) is 0.968. The predicted molar refractivity (Wildman–Crippen MR) is 46.1 cm³/mol. The number of hydrogen-bond donors (Lipinski definition) is 0. The van der Waals surface area contributed by atoms with Crippen LogP contribution in [0.1, 0.15) is 27.9 Å². The van der Waals surface area contributed by atoms with Gasteiger partial charge >= 0.3 is 6.18 Å². The molecule has 3 nitrogen and oxygen atoms in total. The lowest BCUT2D eigenvalue weighted by Crippen LogP contribution is -2.13. The van der Waals surface area contributed by atoms with E-state index >= 15 is 0 Å². The second kappa shape index (κ2) is 4.64. The van der Waals surface area contributed by atoms with Crippen molar-refractivity contribution < 1.29 is 31.5 Å². The molecule has 0 fully saturated rings. The summed E-state index contributed by atoms with van der Waals surface area (Å²) in [5, 5.41) is 0. The van der Waals surface area contributed by atoms with Gasteiger partial charge in [0.2, 0.25) is 5.88 Å². The lowest BCUT2D eigenvalue weighted by atomic mass is 10.0. The zero-order valence-electron chi connectivity index (χ0n) is 8.39. The van der Waals surface area contributed by atoms with E-state index in [1.807, 2.05) is 0 Å². The van der Waals surface area contributed by atoms with Crippen molar-refractivity contribution in [1.29, 1.82) is 0 Å². The maximum atomic E-state index is 12.6. The minimum Gasteiger partial charge on any atom is -0.481 e. The van der Waals surface area contributed by atoms with E-state index in [0.29, 0.717) is 0 Å². The van der Waals surface area contributed by atoms with Gasteiger partial charge in [-0.15, -0.1) is 0 Å². The van der Waals surface area contributed by atoms with Gasteiger partial charge in [-0.05, 0) is 0 Å². The third kappa shape index (κ3) is 2.51. The van der Waals surface area contributed by atoms with Gasteiger partial charge in [0, 0.05) is 11.8 Å². The van der Waals surface area contributed by atoms with Crippen LogP contribution in [0.15, 0.2) is 6.20 Å². The minimum atomic E-state index is -4.93. The monoisotopic (exact) mass is 255 g/mol. The fraction of sp³-hybridized carbons (Fsp3) is 0.333.